The molecule has 1 unspecified atom stereocenters. The summed E-state index contributed by atoms with van der Waals surface area (Å²) in [7, 11) is -1.88. The van der Waals surface area contributed by atoms with Crippen molar-refractivity contribution in [3.8, 4) is 0 Å². The third-order valence-corrected chi connectivity index (χ3v) is 4.65. The van der Waals surface area contributed by atoms with Gasteiger partial charge in [-0.2, -0.15) is 4.31 Å². The molecule has 1 aliphatic heterocycles. The quantitative estimate of drug-likeness (QED) is 0.868. The van der Waals surface area contributed by atoms with Gasteiger partial charge in [0.05, 0.1) is 18.4 Å². The fourth-order valence-corrected chi connectivity index (χ4v) is 3.52. The van der Waals surface area contributed by atoms with Crippen LogP contribution in [0.15, 0.2) is 23.4 Å². The molecule has 1 saturated heterocycles. The van der Waals surface area contributed by atoms with Gasteiger partial charge in [-0.15, -0.1) is 0 Å². The van der Waals surface area contributed by atoms with E-state index in [2.05, 4.69) is 10.3 Å². The fraction of sp³-hybridized carbons (Fsp3) is 0.545. The number of rotatable bonds is 3. The van der Waals surface area contributed by atoms with Gasteiger partial charge >= 0.3 is 0 Å². The second kappa shape index (κ2) is 5.21. The highest BCUT2D eigenvalue weighted by molar-refractivity contribution is 7.89. The average Bonchev–Trinajstić information content (AvgIpc) is 2.38. The Bertz CT molecular complexity index is 518. The first-order valence-corrected chi connectivity index (χ1v) is 7.24. The molecule has 0 spiro atoms. The van der Waals surface area contributed by atoms with Crippen molar-refractivity contribution >= 4 is 15.7 Å². The Morgan fingerprint density at radius 2 is 2.33 bits per heavy atom. The maximum absolute atomic E-state index is 12.5. The zero-order valence-corrected chi connectivity index (χ0v) is 11.3. The van der Waals surface area contributed by atoms with E-state index in [1.165, 1.54) is 10.5 Å². The molecular formula is C11H17N3O3S. The van der Waals surface area contributed by atoms with Crippen molar-refractivity contribution < 1.29 is 13.2 Å². The van der Waals surface area contributed by atoms with E-state index in [0.29, 0.717) is 25.4 Å². The summed E-state index contributed by atoms with van der Waals surface area (Å²) in [6, 6.07) is 3.40. The molecule has 0 saturated carbocycles. The Morgan fingerprint density at radius 1 is 1.56 bits per heavy atom. The first-order valence-electron chi connectivity index (χ1n) is 5.80. The van der Waals surface area contributed by atoms with Gasteiger partial charge in [-0.1, -0.05) is 0 Å². The summed E-state index contributed by atoms with van der Waals surface area (Å²) in [5.74, 6) is 0. The molecule has 2 rings (SSSR count). The molecule has 18 heavy (non-hydrogen) atoms. The molecule has 0 aliphatic carbocycles. The average molecular weight is 271 g/mol. The number of nitrogens with zero attached hydrogens (tertiary/aromatic N) is 2. The third-order valence-electron chi connectivity index (χ3n) is 2.83. The molecule has 0 aromatic carbocycles. The Hall–Kier alpha value is -1.18. The topological polar surface area (TPSA) is 71.5 Å². The fourth-order valence-electron chi connectivity index (χ4n) is 1.91. The summed E-state index contributed by atoms with van der Waals surface area (Å²) in [5, 5.41) is 2.92. The van der Waals surface area contributed by atoms with Gasteiger partial charge in [-0.3, -0.25) is 0 Å². The number of aromatic nitrogens is 1. The number of hydrogen-bond donors (Lipinski definition) is 1. The van der Waals surface area contributed by atoms with Crippen LogP contribution in [0, 0.1) is 0 Å². The first kappa shape index (κ1) is 13.3. The van der Waals surface area contributed by atoms with Crippen molar-refractivity contribution in [2.45, 2.75) is 18.1 Å². The molecule has 1 atom stereocenters. The molecule has 1 aromatic rings. The summed E-state index contributed by atoms with van der Waals surface area (Å²) in [6.45, 7) is 3.01. The highest BCUT2D eigenvalue weighted by atomic mass is 32.2. The monoisotopic (exact) mass is 271 g/mol. The van der Waals surface area contributed by atoms with Crippen LogP contribution in [0.2, 0.25) is 0 Å². The van der Waals surface area contributed by atoms with Gasteiger partial charge in [-0.25, -0.2) is 13.4 Å². The van der Waals surface area contributed by atoms with Crippen LogP contribution < -0.4 is 5.32 Å². The van der Waals surface area contributed by atoms with Crippen LogP contribution in [0.5, 0.6) is 0 Å². The normalized spacial score (nSPS) is 21.8. The summed E-state index contributed by atoms with van der Waals surface area (Å²) in [4.78, 5) is 3.99. The second-order valence-electron chi connectivity index (χ2n) is 4.15. The predicted molar refractivity (Wildman–Crippen MR) is 68.0 cm³/mol. The maximum atomic E-state index is 12.5. The molecular weight excluding hydrogens is 254 g/mol. The summed E-state index contributed by atoms with van der Waals surface area (Å²) < 4.78 is 31.7. The SMILES string of the molecule is CNc1cccnc1S(=O)(=O)N1CCOC(C)C1. The highest BCUT2D eigenvalue weighted by Gasteiger charge is 2.31. The van der Waals surface area contributed by atoms with Crippen molar-refractivity contribution in [1.29, 1.82) is 0 Å². The van der Waals surface area contributed by atoms with Crippen LogP contribution >= 0.6 is 0 Å². The van der Waals surface area contributed by atoms with Crippen LogP contribution in [0.4, 0.5) is 5.69 Å². The van der Waals surface area contributed by atoms with E-state index >= 15 is 0 Å². The van der Waals surface area contributed by atoms with Crippen LogP contribution in [0.25, 0.3) is 0 Å². The van der Waals surface area contributed by atoms with Crippen LogP contribution in [-0.4, -0.2) is 50.6 Å². The second-order valence-corrected chi connectivity index (χ2v) is 6.00. The van der Waals surface area contributed by atoms with Gasteiger partial charge in [0.25, 0.3) is 10.0 Å². The number of morpholine rings is 1. The van der Waals surface area contributed by atoms with E-state index in [-0.39, 0.29) is 11.1 Å². The molecule has 0 amide bonds. The lowest BCUT2D eigenvalue weighted by atomic mass is 10.3. The lowest BCUT2D eigenvalue weighted by molar-refractivity contribution is 0.0101. The predicted octanol–water partition coefficient (Wildman–Crippen LogP) is 0.533. The van der Waals surface area contributed by atoms with Gasteiger partial charge < -0.3 is 10.1 Å². The standard InChI is InChI=1S/C11H17N3O3S/c1-9-8-14(6-7-17-9)18(15,16)11-10(12-2)4-3-5-13-11/h3-5,9,12H,6-8H2,1-2H3. The van der Waals surface area contributed by atoms with Gasteiger partial charge in [-0.05, 0) is 19.1 Å². The van der Waals surface area contributed by atoms with Crippen molar-refractivity contribution in [1.82, 2.24) is 9.29 Å². The molecule has 2 heterocycles. The summed E-state index contributed by atoms with van der Waals surface area (Å²) in [5.41, 5.74) is 0.511. The number of nitrogens with one attached hydrogen (secondary N) is 1. The van der Waals surface area contributed by atoms with Crippen molar-refractivity contribution in [3.63, 3.8) is 0 Å². The van der Waals surface area contributed by atoms with E-state index in [4.69, 9.17) is 4.74 Å². The number of pyridine rings is 1. The highest BCUT2D eigenvalue weighted by Crippen LogP contribution is 2.23. The molecule has 1 N–H and O–H groups in total. The van der Waals surface area contributed by atoms with E-state index < -0.39 is 10.0 Å². The number of anilines is 1. The van der Waals surface area contributed by atoms with Gasteiger partial charge in [0, 0.05) is 26.3 Å². The Balaban J connectivity index is 2.35. The molecule has 1 aromatic heterocycles. The molecule has 7 heteroatoms. The van der Waals surface area contributed by atoms with E-state index in [9.17, 15) is 8.42 Å². The van der Waals surface area contributed by atoms with E-state index in [1.807, 2.05) is 6.92 Å². The number of hydrogen-bond acceptors (Lipinski definition) is 5. The third kappa shape index (κ3) is 2.47. The van der Waals surface area contributed by atoms with Gasteiger partial charge in [0.2, 0.25) is 0 Å². The Morgan fingerprint density at radius 3 is 3.00 bits per heavy atom. The van der Waals surface area contributed by atoms with Crippen molar-refractivity contribution in [2.24, 2.45) is 0 Å². The zero-order valence-electron chi connectivity index (χ0n) is 10.5. The smallest absolute Gasteiger partial charge is 0.262 e. The lowest BCUT2D eigenvalue weighted by Gasteiger charge is -2.30. The lowest BCUT2D eigenvalue weighted by Crippen LogP contribution is -2.44. The van der Waals surface area contributed by atoms with Gasteiger partial charge in [0.1, 0.15) is 0 Å². The Kier molecular flexibility index (Phi) is 3.84. The molecule has 100 valence electrons. The minimum Gasteiger partial charge on any atom is -0.386 e. The largest absolute Gasteiger partial charge is 0.386 e. The summed E-state index contributed by atoms with van der Waals surface area (Å²) in [6.07, 6.45) is 1.40. The number of sulfonamides is 1. The van der Waals surface area contributed by atoms with Crippen molar-refractivity contribution in [2.75, 3.05) is 32.1 Å². The van der Waals surface area contributed by atoms with Crippen LogP contribution in [0.1, 0.15) is 6.92 Å². The molecule has 1 fully saturated rings. The van der Waals surface area contributed by atoms with Gasteiger partial charge in [0.15, 0.2) is 5.03 Å². The van der Waals surface area contributed by atoms with E-state index in [1.54, 1.807) is 19.2 Å². The zero-order chi connectivity index (χ0) is 13.2. The number of ether oxygens (including phenoxy) is 1. The summed E-state index contributed by atoms with van der Waals surface area (Å²) >= 11 is 0. The molecule has 1 aliphatic rings. The Labute approximate surface area is 107 Å². The van der Waals surface area contributed by atoms with Crippen LogP contribution in [0.3, 0.4) is 0 Å². The molecule has 0 radical (unpaired) electrons. The maximum Gasteiger partial charge on any atom is 0.262 e. The minimum atomic E-state index is -3.56. The molecule has 6 nitrogen and oxygen atoms in total. The molecule has 0 bridgehead atoms. The van der Waals surface area contributed by atoms with Crippen LogP contribution in [-0.2, 0) is 14.8 Å². The van der Waals surface area contributed by atoms with Crippen molar-refractivity contribution in [3.05, 3.63) is 18.3 Å². The minimum absolute atomic E-state index is 0.0709. The van der Waals surface area contributed by atoms with E-state index in [0.717, 1.165) is 0 Å². The first-order chi connectivity index (χ1) is 8.55.